The quantitative estimate of drug-likeness (QED) is 0.396. The van der Waals surface area contributed by atoms with E-state index in [9.17, 15) is 14.7 Å². The van der Waals surface area contributed by atoms with Crippen molar-refractivity contribution >= 4 is 28.2 Å². The molecular weight excluding hydrogens is 440 g/mol. The van der Waals surface area contributed by atoms with Crippen molar-refractivity contribution in [2.45, 2.75) is 58.0 Å². The van der Waals surface area contributed by atoms with Crippen molar-refractivity contribution in [3.63, 3.8) is 0 Å². The zero-order valence-electron chi connectivity index (χ0n) is 19.3. The second kappa shape index (κ2) is 10.2. The van der Waals surface area contributed by atoms with Gasteiger partial charge in [0.1, 0.15) is 16.8 Å². The van der Waals surface area contributed by atoms with Crippen LogP contribution in [-0.4, -0.2) is 43.2 Å². The number of fused-ring (bicyclic) bond motifs is 1. The van der Waals surface area contributed by atoms with Crippen LogP contribution in [0.4, 0.5) is 5.00 Å². The van der Waals surface area contributed by atoms with E-state index in [0.717, 1.165) is 47.9 Å². The lowest BCUT2D eigenvalue weighted by molar-refractivity contribution is -0.117. The standard InChI is InChI=1S/C24H32N4O4S/c1-13-8-9-15(21(29)14(13)2)17-12-18(28-27-17)22(30)26-24-20(23(31)25-10-11-32-3)16-6-4-5-7-19(16)33-24/h8-9,17-18,27-29H,4-7,10-12H2,1-3H3,(H,25,31)(H,26,30). The number of benzene rings is 1. The number of hydrazine groups is 1. The Labute approximate surface area is 198 Å². The maximum Gasteiger partial charge on any atom is 0.254 e. The number of ether oxygens (including phenoxy) is 1. The molecule has 2 aromatic rings. The van der Waals surface area contributed by atoms with Gasteiger partial charge in [-0.05, 0) is 62.6 Å². The Morgan fingerprint density at radius 2 is 2.00 bits per heavy atom. The molecular formula is C24H32N4O4S. The van der Waals surface area contributed by atoms with Gasteiger partial charge < -0.3 is 20.5 Å². The maximum atomic E-state index is 13.1. The van der Waals surface area contributed by atoms with E-state index in [1.807, 2.05) is 26.0 Å². The van der Waals surface area contributed by atoms with Crippen molar-refractivity contribution < 1.29 is 19.4 Å². The van der Waals surface area contributed by atoms with E-state index in [4.69, 9.17) is 4.74 Å². The first-order chi connectivity index (χ1) is 15.9. The van der Waals surface area contributed by atoms with E-state index >= 15 is 0 Å². The number of carbonyl (C=O) groups excluding carboxylic acids is 2. The average molecular weight is 473 g/mol. The molecule has 0 bridgehead atoms. The molecule has 0 radical (unpaired) electrons. The number of methoxy groups -OCH3 is 1. The van der Waals surface area contributed by atoms with Gasteiger partial charge >= 0.3 is 0 Å². The Kier molecular flexibility index (Phi) is 7.33. The number of aromatic hydroxyl groups is 1. The van der Waals surface area contributed by atoms with Crippen LogP contribution in [0.2, 0.25) is 0 Å². The summed E-state index contributed by atoms with van der Waals surface area (Å²) in [6, 6.07) is 3.20. The first kappa shape index (κ1) is 23.7. The Morgan fingerprint density at radius 1 is 1.21 bits per heavy atom. The van der Waals surface area contributed by atoms with Crippen LogP contribution in [0, 0.1) is 13.8 Å². The fourth-order valence-electron chi connectivity index (χ4n) is 4.48. The number of hydrogen-bond acceptors (Lipinski definition) is 7. The molecule has 2 heterocycles. The zero-order valence-corrected chi connectivity index (χ0v) is 20.2. The molecule has 2 aliphatic rings. The number of phenolic OH excluding ortho intramolecular Hbond substituents is 1. The summed E-state index contributed by atoms with van der Waals surface area (Å²) in [5, 5.41) is 17.1. The molecule has 9 heteroatoms. The largest absolute Gasteiger partial charge is 0.507 e. The van der Waals surface area contributed by atoms with Crippen LogP contribution >= 0.6 is 11.3 Å². The van der Waals surface area contributed by atoms with Gasteiger partial charge in [0.25, 0.3) is 5.91 Å². The summed E-state index contributed by atoms with van der Waals surface area (Å²) in [5.74, 6) is -0.105. The Hall–Kier alpha value is -2.46. The van der Waals surface area contributed by atoms with Crippen LogP contribution in [0.25, 0.3) is 0 Å². The summed E-state index contributed by atoms with van der Waals surface area (Å²) in [6.45, 7) is 4.70. The Balaban J connectivity index is 1.49. The van der Waals surface area contributed by atoms with Crippen molar-refractivity contribution in [3.05, 3.63) is 44.8 Å². The molecule has 1 saturated heterocycles. The van der Waals surface area contributed by atoms with Crippen LogP contribution in [0.3, 0.4) is 0 Å². The van der Waals surface area contributed by atoms with Gasteiger partial charge in [0.05, 0.1) is 18.2 Å². The number of rotatable bonds is 7. The molecule has 8 nitrogen and oxygen atoms in total. The third-order valence-corrected chi connectivity index (χ3v) is 7.76. The molecule has 4 rings (SSSR count). The number of thiophene rings is 1. The molecule has 0 spiro atoms. The van der Waals surface area contributed by atoms with Crippen molar-refractivity contribution in [1.82, 2.24) is 16.2 Å². The SMILES string of the molecule is COCCNC(=O)c1c(NC(=O)C2CC(c3ccc(C)c(C)c3O)NN2)sc2c1CCCC2. The van der Waals surface area contributed by atoms with Gasteiger partial charge in [-0.15, -0.1) is 11.3 Å². The van der Waals surface area contributed by atoms with E-state index in [-0.39, 0.29) is 23.6 Å². The lowest BCUT2D eigenvalue weighted by Crippen LogP contribution is -2.39. The number of hydrogen-bond donors (Lipinski definition) is 5. The molecule has 0 saturated carbocycles. The Bertz CT molecular complexity index is 1050. The minimum absolute atomic E-state index is 0.169. The number of carbonyl (C=O) groups is 2. The monoisotopic (exact) mass is 472 g/mol. The molecule has 2 atom stereocenters. The summed E-state index contributed by atoms with van der Waals surface area (Å²) in [5.41, 5.74) is 10.5. The molecule has 33 heavy (non-hydrogen) atoms. The van der Waals surface area contributed by atoms with E-state index in [1.165, 1.54) is 16.2 Å². The van der Waals surface area contributed by atoms with E-state index in [2.05, 4.69) is 21.5 Å². The minimum Gasteiger partial charge on any atom is -0.507 e. The van der Waals surface area contributed by atoms with Crippen molar-refractivity contribution in [2.24, 2.45) is 0 Å². The fourth-order valence-corrected chi connectivity index (χ4v) is 5.77. The number of aryl methyl sites for hydroxylation is 2. The first-order valence-electron chi connectivity index (χ1n) is 11.4. The summed E-state index contributed by atoms with van der Waals surface area (Å²) in [4.78, 5) is 27.3. The minimum atomic E-state index is -0.487. The fraction of sp³-hybridized carbons (Fsp3) is 0.500. The third-order valence-electron chi connectivity index (χ3n) is 6.55. The highest BCUT2D eigenvalue weighted by molar-refractivity contribution is 7.17. The second-order valence-corrected chi connectivity index (χ2v) is 9.83. The molecule has 178 valence electrons. The summed E-state index contributed by atoms with van der Waals surface area (Å²) in [7, 11) is 1.60. The lowest BCUT2D eigenvalue weighted by atomic mass is 9.95. The molecule has 1 aliphatic carbocycles. The molecule has 2 unspecified atom stereocenters. The van der Waals surface area contributed by atoms with Crippen molar-refractivity contribution in [1.29, 1.82) is 0 Å². The van der Waals surface area contributed by atoms with Gasteiger partial charge in [-0.25, -0.2) is 10.9 Å². The highest BCUT2D eigenvalue weighted by Gasteiger charge is 2.33. The lowest BCUT2D eigenvalue weighted by Gasteiger charge is -2.15. The highest BCUT2D eigenvalue weighted by Crippen LogP contribution is 2.39. The molecule has 2 amide bonds. The van der Waals surface area contributed by atoms with Gasteiger partial charge in [0, 0.05) is 24.1 Å². The number of nitrogens with one attached hydrogen (secondary N) is 4. The first-order valence-corrected chi connectivity index (χ1v) is 12.2. The van der Waals surface area contributed by atoms with Gasteiger partial charge in [0.2, 0.25) is 5.91 Å². The molecule has 1 aromatic carbocycles. The van der Waals surface area contributed by atoms with E-state index in [0.29, 0.717) is 30.1 Å². The van der Waals surface area contributed by atoms with Crippen LogP contribution in [0.15, 0.2) is 12.1 Å². The van der Waals surface area contributed by atoms with Gasteiger partial charge in [0.15, 0.2) is 0 Å². The molecule has 1 aromatic heterocycles. The molecule has 1 aliphatic heterocycles. The van der Waals surface area contributed by atoms with Gasteiger partial charge in [-0.2, -0.15) is 0 Å². The molecule has 1 fully saturated rings. The van der Waals surface area contributed by atoms with Crippen LogP contribution in [-0.2, 0) is 22.4 Å². The summed E-state index contributed by atoms with van der Waals surface area (Å²) in [6.07, 6.45) is 4.42. The second-order valence-electron chi connectivity index (χ2n) is 8.73. The Morgan fingerprint density at radius 3 is 2.79 bits per heavy atom. The van der Waals surface area contributed by atoms with Crippen molar-refractivity contribution in [3.8, 4) is 5.75 Å². The third kappa shape index (κ3) is 4.91. The smallest absolute Gasteiger partial charge is 0.254 e. The van der Waals surface area contributed by atoms with Crippen LogP contribution < -0.4 is 21.5 Å². The highest BCUT2D eigenvalue weighted by atomic mass is 32.1. The van der Waals surface area contributed by atoms with Gasteiger partial charge in [-0.1, -0.05) is 12.1 Å². The summed E-state index contributed by atoms with van der Waals surface area (Å²) < 4.78 is 5.04. The van der Waals surface area contributed by atoms with E-state index in [1.54, 1.807) is 7.11 Å². The summed E-state index contributed by atoms with van der Waals surface area (Å²) >= 11 is 1.51. The van der Waals surface area contributed by atoms with Gasteiger partial charge in [-0.3, -0.25) is 9.59 Å². The zero-order chi connectivity index (χ0) is 23.5. The van der Waals surface area contributed by atoms with Crippen LogP contribution in [0.1, 0.15) is 62.8 Å². The maximum absolute atomic E-state index is 13.1. The van der Waals surface area contributed by atoms with Crippen LogP contribution in [0.5, 0.6) is 5.75 Å². The number of anilines is 1. The normalized spacial score (nSPS) is 19.8. The predicted molar refractivity (Wildman–Crippen MR) is 129 cm³/mol. The van der Waals surface area contributed by atoms with Crippen molar-refractivity contribution in [2.75, 3.05) is 25.6 Å². The van der Waals surface area contributed by atoms with E-state index < -0.39 is 6.04 Å². The predicted octanol–water partition coefficient (Wildman–Crippen LogP) is 2.87. The number of phenols is 1. The molecule has 5 N–H and O–H groups in total. The number of amides is 2. The topological polar surface area (TPSA) is 112 Å². The average Bonchev–Trinajstić information content (AvgIpc) is 3.42.